The van der Waals surface area contributed by atoms with E-state index in [-0.39, 0.29) is 22.8 Å². The topological polar surface area (TPSA) is 42.2 Å². The van der Waals surface area contributed by atoms with E-state index in [9.17, 15) is 14.3 Å². The van der Waals surface area contributed by atoms with Crippen LogP contribution in [0.25, 0.3) is 10.9 Å². The van der Waals surface area contributed by atoms with Gasteiger partial charge in [0.25, 0.3) is 0 Å². The number of halogens is 2. The third kappa shape index (κ3) is 2.38. The molecule has 0 bridgehead atoms. The van der Waals surface area contributed by atoms with Gasteiger partial charge < -0.3 is 9.67 Å². The molecule has 0 spiro atoms. The van der Waals surface area contributed by atoms with Crippen LogP contribution in [0, 0.1) is 5.82 Å². The van der Waals surface area contributed by atoms with Crippen LogP contribution in [-0.4, -0.2) is 15.6 Å². The first-order chi connectivity index (χ1) is 10.1. The van der Waals surface area contributed by atoms with Gasteiger partial charge in [-0.2, -0.15) is 0 Å². The number of fused-ring (bicyclic) bond motifs is 1. The molecule has 3 nitrogen and oxygen atoms in total. The Morgan fingerprint density at radius 3 is 2.67 bits per heavy atom. The Kier molecular flexibility index (Phi) is 3.39. The molecule has 1 heterocycles. The molecule has 106 valence electrons. The zero-order valence-corrected chi connectivity index (χ0v) is 11.6. The second-order valence-electron chi connectivity index (χ2n) is 4.68. The van der Waals surface area contributed by atoms with Gasteiger partial charge in [0.15, 0.2) is 0 Å². The molecule has 0 aliphatic heterocycles. The van der Waals surface area contributed by atoms with E-state index in [1.807, 2.05) is 18.2 Å². The van der Waals surface area contributed by atoms with Gasteiger partial charge in [0.05, 0.1) is 6.54 Å². The highest BCUT2D eigenvalue weighted by molar-refractivity contribution is 6.31. The summed E-state index contributed by atoms with van der Waals surface area (Å²) < 4.78 is 15.5. The lowest BCUT2D eigenvalue weighted by molar-refractivity contribution is 0.0686. The van der Waals surface area contributed by atoms with E-state index in [1.165, 1.54) is 12.1 Å². The Morgan fingerprint density at radius 1 is 1.19 bits per heavy atom. The highest BCUT2D eigenvalue weighted by Gasteiger charge is 2.17. The van der Waals surface area contributed by atoms with Crippen LogP contribution in [0.3, 0.4) is 0 Å². The first-order valence-corrected chi connectivity index (χ1v) is 6.70. The molecule has 2 aromatic carbocycles. The van der Waals surface area contributed by atoms with Crippen LogP contribution in [0.15, 0.2) is 48.5 Å². The molecule has 0 atom stereocenters. The second-order valence-corrected chi connectivity index (χ2v) is 5.09. The van der Waals surface area contributed by atoms with Crippen LogP contribution >= 0.6 is 11.6 Å². The van der Waals surface area contributed by atoms with E-state index in [1.54, 1.807) is 22.8 Å². The Morgan fingerprint density at radius 2 is 1.95 bits per heavy atom. The lowest BCUT2D eigenvalue weighted by atomic mass is 10.2. The fraction of sp³-hybridized carbons (Fsp3) is 0.0625. The summed E-state index contributed by atoms with van der Waals surface area (Å²) in [6.07, 6.45) is 0. The third-order valence-corrected chi connectivity index (χ3v) is 3.76. The average Bonchev–Trinajstić information content (AvgIpc) is 2.82. The van der Waals surface area contributed by atoms with Gasteiger partial charge in [-0.1, -0.05) is 35.9 Å². The number of hydrogen-bond donors (Lipinski definition) is 1. The lowest BCUT2D eigenvalue weighted by Gasteiger charge is -2.11. The molecule has 3 aromatic rings. The number of carbonyl (C=O) groups is 1. The molecular formula is C16H11ClFNO2. The van der Waals surface area contributed by atoms with Gasteiger partial charge >= 0.3 is 5.97 Å². The van der Waals surface area contributed by atoms with Crippen LogP contribution in [0.2, 0.25) is 5.02 Å². The van der Waals surface area contributed by atoms with Crippen LogP contribution in [0.5, 0.6) is 0 Å². The maximum absolute atomic E-state index is 13.9. The SMILES string of the molecule is O=C(O)c1cc2ccccc2n1Cc1c(F)cccc1Cl. The second kappa shape index (κ2) is 5.22. The minimum atomic E-state index is -1.06. The highest BCUT2D eigenvalue weighted by atomic mass is 35.5. The Balaban J connectivity index is 2.20. The predicted octanol–water partition coefficient (Wildman–Crippen LogP) is 4.18. The number of carboxylic acids is 1. The summed E-state index contributed by atoms with van der Waals surface area (Å²) in [5, 5.41) is 10.4. The van der Waals surface area contributed by atoms with Crippen molar-refractivity contribution < 1.29 is 14.3 Å². The molecule has 0 aliphatic carbocycles. The molecule has 0 aliphatic rings. The summed E-state index contributed by atoms with van der Waals surface area (Å²) in [6, 6.07) is 13.3. The minimum absolute atomic E-state index is 0.0701. The maximum Gasteiger partial charge on any atom is 0.352 e. The van der Waals surface area contributed by atoms with E-state index in [4.69, 9.17) is 11.6 Å². The highest BCUT2D eigenvalue weighted by Crippen LogP contribution is 2.25. The van der Waals surface area contributed by atoms with Crippen molar-refractivity contribution in [1.82, 2.24) is 4.57 Å². The van der Waals surface area contributed by atoms with Crippen LogP contribution in [-0.2, 0) is 6.54 Å². The first kappa shape index (κ1) is 13.6. The zero-order valence-electron chi connectivity index (χ0n) is 10.9. The standard InChI is InChI=1S/C16H11ClFNO2/c17-12-5-3-6-13(18)11(12)9-19-14-7-2-1-4-10(14)8-15(19)16(20)21/h1-8H,9H2,(H,20,21). The summed E-state index contributed by atoms with van der Waals surface area (Å²) >= 11 is 6.03. The minimum Gasteiger partial charge on any atom is -0.477 e. The van der Waals surface area contributed by atoms with Crippen molar-refractivity contribution in [3.8, 4) is 0 Å². The van der Waals surface area contributed by atoms with Crippen molar-refractivity contribution in [2.75, 3.05) is 0 Å². The van der Waals surface area contributed by atoms with E-state index in [2.05, 4.69) is 0 Å². The molecule has 1 aromatic heterocycles. The van der Waals surface area contributed by atoms with E-state index < -0.39 is 11.8 Å². The Labute approximate surface area is 125 Å². The van der Waals surface area contributed by atoms with Gasteiger partial charge in [-0.3, -0.25) is 0 Å². The molecule has 21 heavy (non-hydrogen) atoms. The van der Waals surface area contributed by atoms with Crippen molar-refractivity contribution in [3.63, 3.8) is 0 Å². The van der Waals surface area contributed by atoms with Crippen LogP contribution in [0.1, 0.15) is 16.1 Å². The molecule has 3 rings (SSSR count). The summed E-state index contributed by atoms with van der Waals surface area (Å²) in [5.41, 5.74) is 1.12. The number of para-hydroxylation sites is 1. The predicted molar refractivity (Wildman–Crippen MR) is 79.4 cm³/mol. The molecular weight excluding hydrogens is 293 g/mol. The van der Waals surface area contributed by atoms with Crippen LogP contribution < -0.4 is 0 Å². The molecule has 0 unspecified atom stereocenters. The summed E-state index contributed by atoms with van der Waals surface area (Å²) in [6.45, 7) is 0.0701. The summed E-state index contributed by atoms with van der Waals surface area (Å²) in [4.78, 5) is 11.4. The van der Waals surface area contributed by atoms with E-state index in [0.29, 0.717) is 0 Å². The third-order valence-electron chi connectivity index (χ3n) is 3.41. The Hall–Kier alpha value is -2.33. The number of carboxylic acid groups (broad SMARTS) is 1. The van der Waals surface area contributed by atoms with Gasteiger partial charge in [0.2, 0.25) is 0 Å². The number of benzene rings is 2. The van der Waals surface area contributed by atoms with E-state index >= 15 is 0 Å². The summed E-state index contributed by atoms with van der Waals surface area (Å²) in [5.74, 6) is -1.50. The average molecular weight is 304 g/mol. The number of hydrogen-bond acceptors (Lipinski definition) is 1. The smallest absolute Gasteiger partial charge is 0.352 e. The van der Waals surface area contributed by atoms with Crippen molar-refractivity contribution in [2.24, 2.45) is 0 Å². The molecule has 0 saturated carbocycles. The quantitative estimate of drug-likeness (QED) is 0.788. The fourth-order valence-corrected chi connectivity index (χ4v) is 2.62. The molecule has 0 fully saturated rings. The largest absolute Gasteiger partial charge is 0.477 e. The lowest BCUT2D eigenvalue weighted by Crippen LogP contribution is -2.10. The van der Waals surface area contributed by atoms with Gasteiger partial charge in [-0.05, 0) is 24.3 Å². The van der Waals surface area contributed by atoms with Gasteiger partial charge in [0.1, 0.15) is 11.5 Å². The molecule has 5 heteroatoms. The monoisotopic (exact) mass is 303 g/mol. The molecule has 0 saturated heterocycles. The summed E-state index contributed by atoms with van der Waals surface area (Å²) in [7, 11) is 0. The van der Waals surface area contributed by atoms with Gasteiger partial charge in [0, 0.05) is 21.5 Å². The first-order valence-electron chi connectivity index (χ1n) is 6.32. The van der Waals surface area contributed by atoms with Crippen LogP contribution in [0.4, 0.5) is 4.39 Å². The number of rotatable bonds is 3. The number of aromatic carboxylic acids is 1. The maximum atomic E-state index is 13.9. The number of nitrogens with zero attached hydrogens (tertiary/aromatic N) is 1. The molecule has 1 N–H and O–H groups in total. The van der Waals surface area contributed by atoms with Crippen molar-refractivity contribution in [2.45, 2.75) is 6.54 Å². The van der Waals surface area contributed by atoms with Crippen molar-refractivity contribution in [1.29, 1.82) is 0 Å². The van der Waals surface area contributed by atoms with Crippen molar-refractivity contribution >= 4 is 28.5 Å². The van der Waals surface area contributed by atoms with E-state index in [0.717, 1.165) is 10.9 Å². The zero-order chi connectivity index (χ0) is 15.0. The van der Waals surface area contributed by atoms with Gasteiger partial charge in [-0.25, -0.2) is 9.18 Å². The normalized spacial score (nSPS) is 11.0. The number of aromatic nitrogens is 1. The van der Waals surface area contributed by atoms with Crippen molar-refractivity contribution in [3.05, 3.63) is 70.6 Å². The molecule has 0 amide bonds. The fourth-order valence-electron chi connectivity index (χ4n) is 2.40. The Bertz CT molecular complexity index is 821. The van der Waals surface area contributed by atoms with Gasteiger partial charge in [-0.15, -0.1) is 0 Å². The molecule has 0 radical (unpaired) electrons.